The lowest BCUT2D eigenvalue weighted by Gasteiger charge is -2.22. The van der Waals surface area contributed by atoms with Gasteiger partial charge in [-0.2, -0.15) is 4.98 Å². The van der Waals surface area contributed by atoms with Crippen molar-refractivity contribution in [3.8, 4) is 22.9 Å². The predicted molar refractivity (Wildman–Crippen MR) is 104 cm³/mol. The van der Waals surface area contributed by atoms with Gasteiger partial charge >= 0.3 is 0 Å². The maximum absolute atomic E-state index is 13.0. The van der Waals surface area contributed by atoms with Crippen molar-refractivity contribution in [1.29, 1.82) is 0 Å². The van der Waals surface area contributed by atoms with Gasteiger partial charge in [-0.15, -0.1) is 0 Å². The molecule has 1 amide bonds. The van der Waals surface area contributed by atoms with Crippen LogP contribution in [0.15, 0.2) is 53.1 Å². The van der Waals surface area contributed by atoms with Gasteiger partial charge in [-0.3, -0.25) is 4.79 Å². The fourth-order valence-corrected chi connectivity index (χ4v) is 2.69. The Morgan fingerprint density at radius 2 is 1.79 bits per heavy atom. The van der Waals surface area contributed by atoms with E-state index in [9.17, 15) is 9.18 Å². The molecular weight excluding hydrogens is 377 g/mol. The molecule has 0 fully saturated rings. The summed E-state index contributed by atoms with van der Waals surface area (Å²) in [6.45, 7) is 1.99. The highest BCUT2D eigenvalue weighted by Crippen LogP contribution is 2.20. The number of ether oxygens (including phenoxy) is 2. The van der Waals surface area contributed by atoms with Gasteiger partial charge in [0.25, 0.3) is 5.91 Å². The molecule has 3 aromatic rings. The second-order valence-electron chi connectivity index (χ2n) is 6.40. The van der Waals surface area contributed by atoms with Crippen LogP contribution in [0.2, 0.25) is 0 Å². The molecule has 1 unspecified atom stereocenters. The molecule has 0 bridgehead atoms. The van der Waals surface area contributed by atoms with Crippen molar-refractivity contribution in [1.82, 2.24) is 15.0 Å². The first-order chi connectivity index (χ1) is 14.0. The summed E-state index contributed by atoms with van der Waals surface area (Å²) in [6, 6.07) is 12.8. The molecule has 1 atom stereocenters. The van der Waals surface area contributed by atoms with E-state index >= 15 is 0 Å². The highest BCUT2D eigenvalue weighted by molar-refractivity contribution is 5.80. The molecule has 0 aliphatic rings. The zero-order chi connectivity index (χ0) is 20.8. The summed E-state index contributed by atoms with van der Waals surface area (Å²) < 4.78 is 29.1. The molecule has 1 heterocycles. The zero-order valence-corrected chi connectivity index (χ0v) is 16.5. The van der Waals surface area contributed by atoms with Gasteiger partial charge in [0.2, 0.25) is 11.7 Å². The summed E-state index contributed by atoms with van der Waals surface area (Å²) in [5, 5.41) is 3.96. The number of amides is 1. The number of carbonyl (C=O) groups is 1. The van der Waals surface area contributed by atoms with Crippen LogP contribution >= 0.6 is 0 Å². The van der Waals surface area contributed by atoms with Gasteiger partial charge in [-0.05, 0) is 55.0 Å². The highest BCUT2D eigenvalue weighted by atomic mass is 19.1. The van der Waals surface area contributed by atoms with Gasteiger partial charge < -0.3 is 18.9 Å². The smallest absolute Gasteiger partial charge is 0.263 e. The Hall–Kier alpha value is -3.42. The first kappa shape index (κ1) is 20.3. The maximum Gasteiger partial charge on any atom is 0.263 e. The molecule has 0 aliphatic carbocycles. The van der Waals surface area contributed by atoms with Crippen molar-refractivity contribution in [2.24, 2.45) is 0 Å². The van der Waals surface area contributed by atoms with Gasteiger partial charge in [0, 0.05) is 12.6 Å². The third-order valence-corrected chi connectivity index (χ3v) is 4.30. The lowest BCUT2D eigenvalue weighted by Crippen LogP contribution is -2.39. The second kappa shape index (κ2) is 9.18. The SMILES string of the molecule is CCC(Oc1ccc(F)cc1)C(=O)N(C)Cc1nc(-c2ccc(OC)cc2)no1. The van der Waals surface area contributed by atoms with Crippen LogP contribution < -0.4 is 9.47 Å². The molecule has 152 valence electrons. The zero-order valence-electron chi connectivity index (χ0n) is 16.5. The summed E-state index contributed by atoms with van der Waals surface area (Å²) in [7, 11) is 3.23. The standard InChI is InChI=1S/C21H22FN3O4/c1-4-18(28-17-11-7-15(22)8-12-17)21(26)25(2)13-19-23-20(24-29-19)14-5-9-16(27-3)10-6-14/h5-12,18H,4,13H2,1-3H3. The van der Waals surface area contributed by atoms with E-state index in [1.54, 1.807) is 26.3 Å². The molecule has 0 N–H and O–H groups in total. The van der Waals surface area contributed by atoms with Crippen molar-refractivity contribution in [3.63, 3.8) is 0 Å². The molecule has 8 heteroatoms. The van der Waals surface area contributed by atoms with Gasteiger partial charge in [-0.25, -0.2) is 4.39 Å². The van der Waals surface area contributed by atoms with E-state index in [0.29, 0.717) is 23.9 Å². The maximum atomic E-state index is 13.0. The third-order valence-electron chi connectivity index (χ3n) is 4.30. The minimum atomic E-state index is -0.700. The molecular formula is C21H22FN3O4. The molecule has 0 saturated carbocycles. The number of rotatable bonds is 8. The monoisotopic (exact) mass is 399 g/mol. The minimum Gasteiger partial charge on any atom is -0.497 e. The molecule has 2 aromatic carbocycles. The van der Waals surface area contributed by atoms with Crippen molar-refractivity contribution in [3.05, 3.63) is 60.2 Å². The first-order valence-corrected chi connectivity index (χ1v) is 9.14. The van der Waals surface area contributed by atoms with Crippen LogP contribution in [-0.2, 0) is 11.3 Å². The molecule has 0 spiro atoms. The third kappa shape index (κ3) is 5.10. The van der Waals surface area contributed by atoms with Crippen LogP contribution in [0.4, 0.5) is 4.39 Å². The van der Waals surface area contributed by atoms with E-state index < -0.39 is 6.10 Å². The number of nitrogens with zero attached hydrogens (tertiary/aromatic N) is 3. The number of benzene rings is 2. The van der Waals surface area contributed by atoms with E-state index in [-0.39, 0.29) is 18.3 Å². The van der Waals surface area contributed by atoms with Crippen LogP contribution in [0.5, 0.6) is 11.5 Å². The van der Waals surface area contributed by atoms with Crippen LogP contribution in [0.3, 0.4) is 0 Å². The van der Waals surface area contributed by atoms with Crippen LogP contribution in [0, 0.1) is 5.82 Å². The average Bonchev–Trinajstić information content (AvgIpc) is 3.21. The number of likely N-dealkylation sites (N-methyl/N-ethyl adjacent to an activating group) is 1. The Kier molecular flexibility index (Phi) is 6.43. The lowest BCUT2D eigenvalue weighted by molar-refractivity contribution is -0.138. The highest BCUT2D eigenvalue weighted by Gasteiger charge is 2.24. The topological polar surface area (TPSA) is 77.7 Å². The van der Waals surface area contributed by atoms with E-state index in [2.05, 4.69) is 10.1 Å². The summed E-state index contributed by atoms with van der Waals surface area (Å²) in [4.78, 5) is 18.5. The Morgan fingerprint density at radius 3 is 2.41 bits per heavy atom. The molecule has 0 saturated heterocycles. The second-order valence-corrected chi connectivity index (χ2v) is 6.40. The first-order valence-electron chi connectivity index (χ1n) is 9.14. The number of hydrogen-bond acceptors (Lipinski definition) is 6. The minimum absolute atomic E-state index is 0.144. The van der Waals surface area contributed by atoms with Gasteiger partial charge in [0.05, 0.1) is 13.7 Å². The Balaban J connectivity index is 1.63. The van der Waals surface area contributed by atoms with Gasteiger partial charge in [0.1, 0.15) is 17.3 Å². The van der Waals surface area contributed by atoms with E-state index in [4.69, 9.17) is 14.0 Å². The van der Waals surface area contributed by atoms with Gasteiger partial charge in [0.15, 0.2) is 6.10 Å². The fourth-order valence-electron chi connectivity index (χ4n) is 2.69. The molecule has 0 aliphatic heterocycles. The summed E-state index contributed by atoms with van der Waals surface area (Å²) in [5.41, 5.74) is 0.779. The molecule has 3 rings (SSSR count). The summed E-state index contributed by atoms with van der Waals surface area (Å²) in [5.74, 6) is 1.30. The Labute approximate surface area is 168 Å². The van der Waals surface area contributed by atoms with Crippen molar-refractivity contribution < 1.29 is 23.2 Å². The average molecular weight is 399 g/mol. The number of aromatic nitrogens is 2. The number of halogens is 1. The van der Waals surface area contributed by atoms with E-state index in [0.717, 1.165) is 11.3 Å². The van der Waals surface area contributed by atoms with Crippen molar-refractivity contribution >= 4 is 5.91 Å². The molecule has 0 radical (unpaired) electrons. The van der Waals surface area contributed by atoms with Crippen LogP contribution in [0.1, 0.15) is 19.2 Å². The largest absolute Gasteiger partial charge is 0.497 e. The summed E-state index contributed by atoms with van der Waals surface area (Å²) >= 11 is 0. The normalized spacial score (nSPS) is 11.7. The summed E-state index contributed by atoms with van der Waals surface area (Å²) in [6.07, 6.45) is -0.240. The predicted octanol–water partition coefficient (Wildman–Crippen LogP) is 3.70. The quantitative estimate of drug-likeness (QED) is 0.575. The number of carbonyl (C=O) groups excluding carboxylic acids is 1. The molecule has 1 aromatic heterocycles. The van der Waals surface area contributed by atoms with Crippen LogP contribution in [0.25, 0.3) is 11.4 Å². The Morgan fingerprint density at radius 1 is 1.14 bits per heavy atom. The molecule has 7 nitrogen and oxygen atoms in total. The Bertz CT molecular complexity index is 941. The number of hydrogen-bond donors (Lipinski definition) is 0. The lowest BCUT2D eigenvalue weighted by atomic mass is 10.2. The number of methoxy groups -OCH3 is 1. The molecule has 29 heavy (non-hydrogen) atoms. The van der Waals surface area contributed by atoms with Crippen molar-refractivity contribution in [2.75, 3.05) is 14.2 Å². The van der Waals surface area contributed by atoms with E-state index in [1.807, 2.05) is 19.1 Å². The van der Waals surface area contributed by atoms with Crippen molar-refractivity contribution in [2.45, 2.75) is 26.0 Å². The van der Waals surface area contributed by atoms with E-state index in [1.165, 1.54) is 29.2 Å². The van der Waals surface area contributed by atoms with Gasteiger partial charge in [-0.1, -0.05) is 12.1 Å². The van der Waals surface area contributed by atoms with Crippen LogP contribution in [-0.4, -0.2) is 41.2 Å². The fraction of sp³-hybridized carbons (Fsp3) is 0.286.